The number of ether oxygens (including phenoxy) is 1. The molecule has 0 unspecified atom stereocenters. The van der Waals surface area contributed by atoms with Crippen LogP contribution in [0.1, 0.15) is 0 Å². The largest absolute Gasteiger partial charge is 0.497 e. The monoisotopic (exact) mass is 405 g/mol. The Morgan fingerprint density at radius 1 is 0.897 bits per heavy atom. The number of aromatic nitrogens is 2. The Balaban J connectivity index is 1.95. The van der Waals surface area contributed by atoms with Crippen molar-refractivity contribution < 1.29 is 13.2 Å². The van der Waals surface area contributed by atoms with Gasteiger partial charge in [0.25, 0.3) is 0 Å². The highest BCUT2D eigenvalue weighted by molar-refractivity contribution is 7.89. The molecule has 3 aromatic carbocycles. The second-order valence-corrected chi connectivity index (χ2v) is 7.96. The predicted molar refractivity (Wildman–Crippen MR) is 112 cm³/mol. The molecule has 0 fully saturated rings. The number of benzene rings is 3. The molecule has 0 amide bonds. The number of hydrogen-bond donors (Lipinski definition) is 1. The van der Waals surface area contributed by atoms with Crippen LogP contribution in [0.3, 0.4) is 0 Å². The molecule has 6 nitrogen and oxygen atoms in total. The summed E-state index contributed by atoms with van der Waals surface area (Å²) in [6.45, 7) is 0. The van der Waals surface area contributed by atoms with Crippen LogP contribution >= 0.6 is 0 Å². The van der Waals surface area contributed by atoms with E-state index in [4.69, 9.17) is 15.0 Å². The fourth-order valence-corrected chi connectivity index (χ4v) is 3.92. The van der Waals surface area contributed by atoms with Gasteiger partial charge in [-0.3, -0.25) is 0 Å². The first-order chi connectivity index (χ1) is 14.0. The van der Waals surface area contributed by atoms with Crippen molar-refractivity contribution in [3.8, 4) is 34.0 Å². The van der Waals surface area contributed by atoms with Crippen molar-refractivity contribution in [1.29, 1.82) is 0 Å². The summed E-state index contributed by atoms with van der Waals surface area (Å²) in [5.41, 5.74) is 3.52. The van der Waals surface area contributed by atoms with Crippen LogP contribution in [-0.4, -0.2) is 25.3 Å². The van der Waals surface area contributed by atoms with Crippen molar-refractivity contribution >= 4 is 10.0 Å². The lowest BCUT2D eigenvalue weighted by atomic mass is 10.1. The van der Waals surface area contributed by atoms with Gasteiger partial charge in [-0.25, -0.2) is 18.2 Å². The van der Waals surface area contributed by atoms with Gasteiger partial charge in [-0.15, -0.1) is 0 Å². The molecular weight excluding hydrogens is 386 g/mol. The molecule has 0 aliphatic carbocycles. The van der Waals surface area contributed by atoms with Gasteiger partial charge in [0, 0.05) is 11.1 Å². The minimum Gasteiger partial charge on any atom is -0.497 e. The van der Waals surface area contributed by atoms with Gasteiger partial charge in [-0.2, -0.15) is 5.10 Å². The van der Waals surface area contributed by atoms with E-state index >= 15 is 0 Å². The predicted octanol–water partition coefficient (Wildman–Crippen LogP) is 3.86. The Labute approximate surface area is 169 Å². The van der Waals surface area contributed by atoms with Crippen LogP contribution in [0, 0.1) is 0 Å². The third kappa shape index (κ3) is 3.78. The second-order valence-electron chi connectivity index (χ2n) is 6.43. The molecule has 0 saturated carbocycles. The number of hydrogen-bond acceptors (Lipinski definition) is 4. The topological polar surface area (TPSA) is 87.2 Å². The zero-order valence-corrected chi connectivity index (χ0v) is 16.5. The van der Waals surface area contributed by atoms with Crippen molar-refractivity contribution in [3.05, 3.63) is 84.9 Å². The highest BCUT2D eigenvalue weighted by atomic mass is 32.2. The lowest BCUT2D eigenvalue weighted by molar-refractivity contribution is 0.415. The Bertz CT molecular complexity index is 1250. The Hall–Kier alpha value is -3.42. The third-order valence-corrected chi connectivity index (χ3v) is 5.53. The summed E-state index contributed by atoms with van der Waals surface area (Å²) in [4.78, 5) is 0.0540. The van der Waals surface area contributed by atoms with Crippen molar-refractivity contribution in [1.82, 2.24) is 9.78 Å². The molecule has 4 aromatic rings. The SMILES string of the molecule is COc1ccc(-c2cc(-c3ccccc3S(N)(=O)=O)n(-c3ccccc3)n2)cc1. The quantitative estimate of drug-likeness (QED) is 0.546. The molecule has 1 aromatic heterocycles. The van der Waals surface area contributed by atoms with E-state index in [0.29, 0.717) is 17.0 Å². The van der Waals surface area contributed by atoms with Gasteiger partial charge in [0.2, 0.25) is 10.0 Å². The smallest absolute Gasteiger partial charge is 0.238 e. The summed E-state index contributed by atoms with van der Waals surface area (Å²) in [6, 6.07) is 25.6. The van der Waals surface area contributed by atoms with Crippen LogP contribution in [0.25, 0.3) is 28.2 Å². The van der Waals surface area contributed by atoms with E-state index < -0.39 is 10.0 Å². The Morgan fingerprint density at radius 3 is 2.21 bits per heavy atom. The van der Waals surface area contributed by atoms with Crippen LogP contribution in [-0.2, 0) is 10.0 Å². The average molecular weight is 405 g/mol. The minimum absolute atomic E-state index is 0.0540. The lowest BCUT2D eigenvalue weighted by Crippen LogP contribution is -2.14. The molecule has 0 spiro atoms. The summed E-state index contributed by atoms with van der Waals surface area (Å²) >= 11 is 0. The first-order valence-electron chi connectivity index (χ1n) is 8.89. The summed E-state index contributed by atoms with van der Waals surface area (Å²) < 4.78 is 31.3. The number of para-hydroxylation sites is 1. The first-order valence-corrected chi connectivity index (χ1v) is 10.4. The van der Waals surface area contributed by atoms with Crippen LogP contribution in [0.5, 0.6) is 5.75 Å². The highest BCUT2D eigenvalue weighted by Gasteiger charge is 2.20. The molecule has 0 bridgehead atoms. The van der Waals surface area contributed by atoms with Crippen molar-refractivity contribution in [2.75, 3.05) is 7.11 Å². The van der Waals surface area contributed by atoms with Gasteiger partial charge in [0.1, 0.15) is 5.75 Å². The van der Waals surface area contributed by atoms with Crippen molar-refractivity contribution in [2.24, 2.45) is 5.14 Å². The van der Waals surface area contributed by atoms with E-state index in [-0.39, 0.29) is 4.90 Å². The molecule has 4 rings (SSSR count). The van der Waals surface area contributed by atoms with Crippen molar-refractivity contribution in [2.45, 2.75) is 4.90 Å². The van der Waals surface area contributed by atoms with Crippen molar-refractivity contribution in [3.63, 3.8) is 0 Å². The normalized spacial score (nSPS) is 11.4. The first kappa shape index (κ1) is 18.9. The molecule has 29 heavy (non-hydrogen) atoms. The summed E-state index contributed by atoms with van der Waals surface area (Å²) in [7, 11) is -2.29. The average Bonchev–Trinajstić information content (AvgIpc) is 3.19. The molecular formula is C22H19N3O3S. The molecule has 7 heteroatoms. The standard InChI is InChI=1S/C22H19N3O3S/c1-28-18-13-11-16(12-14-18)20-15-21(25(24-20)17-7-3-2-4-8-17)19-9-5-6-10-22(19)29(23,26)27/h2-15H,1H3,(H2,23,26,27). The van der Waals surface area contributed by atoms with Gasteiger partial charge >= 0.3 is 0 Å². The Morgan fingerprint density at radius 2 is 1.55 bits per heavy atom. The maximum atomic E-state index is 12.2. The van der Waals surface area contributed by atoms with Gasteiger partial charge in [0.15, 0.2) is 0 Å². The lowest BCUT2D eigenvalue weighted by Gasteiger charge is -2.10. The van der Waals surface area contributed by atoms with E-state index in [9.17, 15) is 8.42 Å². The number of primary sulfonamides is 1. The third-order valence-electron chi connectivity index (χ3n) is 4.57. The minimum atomic E-state index is -3.90. The van der Waals surface area contributed by atoms with Gasteiger partial charge in [-0.1, -0.05) is 36.4 Å². The zero-order chi connectivity index (χ0) is 20.4. The summed E-state index contributed by atoms with van der Waals surface area (Å²) in [5, 5.41) is 10.2. The molecule has 0 radical (unpaired) electrons. The molecule has 0 aliphatic rings. The molecule has 0 saturated heterocycles. The maximum Gasteiger partial charge on any atom is 0.238 e. The summed E-state index contributed by atoms with van der Waals surface area (Å²) in [6.07, 6.45) is 0. The molecule has 2 N–H and O–H groups in total. The van der Waals surface area contributed by atoms with Gasteiger partial charge < -0.3 is 4.74 Å². The van der Waals surface area contributed by atoms with Crippen LogP contribution in [0.4, 0.5) is 0 Å². The number of sulfonamides is 1. The fraction of sp³-hybridized carbons (Fsp3) is 0.0455. The summed E-state index contributed by atoms with van der Waals surface area (Å²) in [5.74, 6) is 0.746. The van der Waals surface area contributed by atoms with Gasteiger partial charge in [-0.05, 0) is 48.5 Å². The number of nitrogens with two attached hydrogens (primary N) is 1. The second kappa shape index (κ2) is 7.54. The molecule has 146 valence electrons. The van der Waals surface area contributed by atoms with E-state index in [1.165, 1.54) is 6.07 Å². The zero-order valence-electron chi connectivity index (χ0n) is 15.7. The maximum absolute atomic E-state index is 12.2. The molecule has 1 heterocycles. The van der Waals surface area contributed by atoms with Crippen LogP contribution in [0.15, 0.2) is 89.8 Å². The van der Waals surface area contributed by atoms with Crippen LogP contribution < -0.4 is 9.88 Å². The fourth-order valence-electron chi connectivity index (χ4n) is 3.17. The van der Waals surface area contributed by atoms with E-state index in [1.807, 2.05) is 60.7 Å². The Kier molecular flexibility index (Phi) is 4.92. The van der Waals surface area contributed by atoms with E-state index in [1.54, 1.807) is 30.0 Å². The number of methoxy groups -OCH3 is 1. The van der Waals surface area contributed by atoms with E-state index in [2.05, 4.69) is 0 Å². The van der Waals surface area contributed by atoms with E-state index in [0.717, 1.165) is 17.0 Å². The van der Waals surface area contributed by atoms with Crippen LogP contribution in [0.2, 0.25) is 0 Å². The number of nitrogens with zero attached hydrogens (tertiary/aromatic N) is 2. The highest BCUT2D eigenvalue weighted by Crippen LogP contribution is 2.32. The molecule has 0 aliphatic heterocycles. The molecule has 0 atom stereocenters. The van der Waals surface area contributed by atoms with Gasteiger partial charge in [0.05, 0.1) is 29.1 Å². The number of rotatable bonds is 5.